The van der Waals surface area contributed by atoms with Gasteiger partial charge in [-0.3, -0.25) is 38.7 Å². The molecule has 0 aromatic carbocycles. The second kappa shape index (κ2) is 20.8. The third-order valence-corrected chi connectivity index (χ3v) is 8.42. The van der Waals surface area contributed by atoms with Crippen molar-refractivity contribution in [1.29, 1.82) is 0 Å². The number of hydrogen-bond acceptors (Lipinski definition) is 13. The van der Waals surface area contributed by atoms with Crippen molar-refractivity contribution in [3.05, 3.63) is 0 Å². The molecule has 0 aromatic heterocycles. The van der Waals surface area contributed by atoms with Crippen molar-refractivity contribution in [2.75, 3.05) is 52.4 Å². The second-order valence-corrected chi connectivity index (χ2v) is 11.6. The third-order valence-electron chi connectivity index (χ3n) is 8.42. The fraction of sp³-hybridized carbons (Fsp3) is 0.655. The minimum Gasteiger partial charge on any atom is -0.464 e. The molecule has 5 atom stereocenters. The van der Waals surface area contributed by atoms with Gasteiger partial charge in [0.1, 0.15) is 23.9 Å². The predicted octanol–water partition coefficient (Wildman–Crippen LogP) is -4.83. The average Bonchev–Trinajstić information content (AvgIpc) is 3.62. The summed E-state index contributed by atoms with van der Waals surface area (Å²) in [6.45, 7) is 2.98. The molecule has 7 amide bonds. The summed E-state index contributed by atoms with van der Waals surface area (Å²) >= 11 is 0. The number of piperazine rings is 1. The number of ether oxygens (including phenoxy) is 1. The molecule has 3 aliphatic heterocycles. The molecule has 0 radical (unpaired) electrons. The highest BCUT2D eigenvalue weighted by molar-refractivity contribution is 6.07. The van der Waals surface area contributed by atoms with Crippen molar-refractivity contribution in [3.8, 4) is 0 Å². The lowest BCUT2D eigenvalue weighted by Crippen LogP contribution is -2.60. The van der Waals surface area contributed by atoms with Gasteiger partial charge in [0.15, 0.2) is 5.96 Å². The van der Waals surface area contributed by atoms with Crippen LogP contribution in [0.4, 0.5) is 4.79 Å². The van der Waals surface area contributed by atoms with Crippen LogP contribution in [0.3, 0.4) is 0 Å². The van der Waals surface area contributed by atoms with Crippen molar-refractivity contribution >= 4 is 60.4 Å². The second-order valence-electron chi connectivity index (χ2n) is 11.6. The van der Waals surface area contributed by atoms with Crippen LogP contribution in [0.25, 0.3) is 0 Å². The molecule has 50 heavy (non-hydrogen) atoms. The largest absolute Gasteiger partial charge is 0.464 e. The number of esters is 1. The molecule has 21 nitrogen and oxygen atoms in total. The predicted molar refractivity (Wildman–Crippen MR) is 169 cm³/mol. The SMILES string of the molecule is C[C@H](C(=O)C[C@@H](CCCN=C(N)N)C(=O)NC1CCOC1=O)N1CCN(C(=O)[C@H](CNC=O)N2C(=O)N[C@@H](CCNC=O)C2=O)CC1.O=C=O. The first-order chi connectivity index (χ1) is 23.9. The third kappa shape index (κ3) is 11.9. The van der Waals surface area contributed by atoms with E-state index in [1.165, 1.54) is 4.90 Å². The van der Waals surface area contributed by atoms with E-state index in [0.29, 0.717) is 45.2 Å². The molecular formula is C29H44N10O11. The molecule has 0 saturated carbocycles. The number of urea groups is 1. The number of nitrogens with zero attached hydrogens (tertiary/aromatic N) is 4. The Morgan fingerprint density at radius 2 is 1.74 bits per heavy atom. The number of carbonyl (C=O) groups excluding carboxylic acids is 10. The molecule has 0 aromatic rings. The number of nitrogens with two attached hydrogens (primary N) is 2. The van der Waals surface area contributed by atoms with Gasteiger partial charge in [-0.15, -0.1) is 0 Å². The van der Waals surface area contributed by atoms with E-state index in [9.17, 15) is 38.4 Å². The minimum absolute atomic E-state index is 0.0866. The van der Waals surface area contributed by atoms with Gasteiger partial charge < -0.3 is 42.4 Å². The van der Waals surface area contributed by atoms with Crippen LogP contribution in [0.15, 0.2) is 4.99 Å². The zero-order valence-corrected chi connectivity index (χ0v) is 27.7. The molecule has 3 heterocycles. The van der Waals surface area contributed by atoms with E-state index in [1.807, 2.05) is 4.90 Å². The maximum Gasteiger partial charge on any atom is 0.373 e. The fourth-order valence-electron chi connectivity index (χ4n) is 5.72. The maximum absolute atomic E-state index is 13.6. The molecule has 3 rings (SSSR count). The Hall–Kier alpha value is -5.43. The van der Waals surface area contributed by atoms with Gasteiger partial charge in [0, 0.05) is 64.6 Å². The van der Waals surface area contributed by atoms with Crippen LogP contribution in [0.5, 0.6) is 0 Å². The fourth-order valence-corrected chi connectivity index (χ4v) is 5.72. The summed E-state index contributed by atoms with van der Waals surface area (Å²) in [6.07, 6.45) is 2.20. The normalized spacial score (nSPS) is 20.5. The highest BCUT2D eigenvalue weighted by Crippen LogP contribution is 2.20. The first-order valence-electron chi connectivity index (χ1n) is 15.9. The van der Waals surface area contributed by atoms with E-state index in [-0.39, 0.29) is 70.1 Å². The number of ketones is 1. The Kier molecular flexibility index (Phi) is 17.0. The summed E-state index contributed by atoms with van der Waals surface area (Å²) in [5, 5.41) is 9.98. The number of amides is 7. The number of nitrogens with one attached hydrogen (secondary N) is 4. The number of aliphatic imine (C=N–C) groups is 1. The van der Waals surface area contributed by atoms with E-state index >= 15 is 0 Å². The van der Waals surface area contributed by atoms with E-state index in [4.69, 9.17) is 25.8 Å². The summed E-state index contributed by atoms with van der Waals surface area (Å²) in [4.78, 5) is 124. The van der Waals surface area contributed by atoms with Gasteiger partial charge in [0.25, 0.3) is 5.91 Å². The molecule has 0 spiro atoms. The Labute approximate surface area is 287 Å². The average molecular weight is 709 g/mol. The van der Waals surface area contributed by atoms with Gasteiger partial charge in [-0.2, -0.15) is 9.59 Å². The lowest BCUT2D eigenvalue weighted by atomic mass is 9.92. The maximum atomic E-state index is 13.6. The first kappa shape index (κ1) is 40.7. The van der Waals surface area contributed by atoms with Crippen molar-refractivity contribution in [2.24, 2.45) is 22.4 Å². The monoisotopic (exact) mass is 708 g/mol. The smallest absolute Gasteiger partial charge is 0.373 e. The van der Waals surface area contributed by atoms with Gasteiger partial charge in [-0.1, -0.05) is 0 Å². The molecule has 1 unspecified atom stereocenters. The zero-order valence-electron chi connectivity index (χ0n) is 27.7. The Balaban J connectivity index is 0.00000278. The number of Topliss-reactive ketones (excluding diaryl/α,β-unsaturated/α-hetero) is 1. The van der Waals surface area contributed by atoms with Crippen LogP contribution in [0.1, 0.15) is 39.0 Å². The minimum atomic E-state index is -1.29. The lowest BCUT2D eigenvalue weighted by molar-refractivity contribution is -0.191. The van der Waals surface area contributed by atoms with E-state index in [0.717, 1.165) is 4.90 Å². The van der Waals surface area contributed by atoms with Gasteiger partial charge in [0.2, 0.25) is 24.6 Å². The van der Waals surface area contributed by atoms with Crippen LogP contribution in [-0.2, 0) is 47.9 Å². The molecule has 8 N–H and O–H groups in total. The quantitative estimate of drug-likeness (QED) is 0.0183. The van der Waals surface area contributed by atoms with E-state index in [1.54, 1.807) is 6.92 Å². The highest BCUT2D eigenvalue weighted by atomic mass is 16.5. The number of carbonyl (C=O) groups is 8. The Morgan fingerprint density at radius 3 is 2.32 bits per heavy atom. The number of imide groups is 1. The highest BCUT2D eigenvalue weighted by Gasteiger charge is 2.46. The molecule has 0 aliphatic carbocycles. The van der Waals surface area contributed by atoms with Crippen LogP contribution >= 0.6 is 0 Å². The van der Waals surface area contributed by atoms with E-state index < -0.39 is 59.8 Å². The number of guanidine groups is 1. The van der Waals surface area contributed by atoms with Crippen LogP contribution < -0.4 is 32.7 Å². The van der Waals surface area contributed by atoms with Crippen LogP contribution in [-0.4, -0.2) is 152 Å². The van der Waals surface area contributed by atoms with Gasteiger partial charge >= 0.3 is 18.2 Å². The molecule has 3 saturated heterocycles. The molecule has 3 fully saturated rings. The summed E-state index contributed by atoms with van der Waals surface area (Å²) in [6, 6.07) is -4.38. The Morgan fingerprint density at radius 1 is 1.08 bits per heavy atom. The molecule has 276 valence electrons. The van der Waals surface area contributed by atoms with Crippen molar-refractivity contribution < 1.29 is 52.7 Å². The topological polar surface area (TPSA) is 302 Å². The molecular weight excluding hydrogens is 664 g/mol. The molecule has 3 aliphatic rings. The first-order valence-corrected chi connectivity index (χ1v) is 15.9. The molecule has 0 bridgehead atoms. The van der Waals surface area contributed by atoms with Crippen molar-refractivity contribution in [3.63, 3.8) is 0 Å². The zero-order chi connectivity index (χ0) is 37.2. The number of cyclic esters (lactones) is 1. The van der Waals surface area contributed by atoms with Crippen LogP contribution in [0, 0.1) is 5.92 Å². The standard InChI is InChI=1S/C28H44N10O9.CO2/c1-17(22(41)13-18(3-2-6-33-27(29)30)23(42)34-20-5-12-47-26(20)45)36-8-10-37(11-9-36)25(44)21(14-32-16-40)38-24(43)19(35-28(38)46)4-7-31-15-39;2-1-3/h15-21H,2-14H2,1H3,(H,31,39)(H,32,40)(H,34,42)(H,35,46)(H4,29,30,33);/t17-,18-,19+,20?,21+;/m1./s1. The summed E-state index contributed by atoms with van der Waals surface area (Å²) in [7, 11) is 0. The van der Waals surface area contributed by atoms with Crippen LogP contribution in [0.2, 0.25) is 0 Å². The van der Waals surface area contributed by atoms with Crippen molar-refractivity contribution in [2.45, 2.75) is 63.2 Å². The van der Waals surface area contributed by atoms with Crippen molar-refractivity contribution in [1.82, 2.24) is 36.0 Å². The van der Waals surface area contributed by atoms with Gasteiger partial charge in [0.05, 0.1) is 12.6 Å². The van der Waals surface area contributed by atoms with Gasteiger partial charge in [-0.25, -0.2) is 14.5 Å². The summed E-state index contributed by atoms with van der Waals surface area (Å²) < 4.78 is 4.92. The summed E-state index contributed by atoms with van der Waals surface area (Å²) in [5.41, 5.74) is 10.8. The molecule has 21 heteroatoms. The number of hydrogen-bond donors (Lipinski definition) is 6. The van der Waals surface area contributed by atoms with E-state index in [2.05, 4.69) is 26.3 Å². The number of rotatable bonds is 19. The lowest BCUT2D eigenvalue weighted by Gasteiger charge is -2.39. The Bertz CT molecular complexity index is 1310. The van der Waals surface area contributed by atoms with Gasteiger partial charge in [-0.05, 0) is 26.2 Å². The summed E-state index contributed by atoms with van der Waals surface area (Å²) in [5.74, 6) is -3.17.